The van der Waals surface area contributed by atoms with Crippen molar-refractivity contribution in [2.45, 2.75) is 19.1 Å². The highest BCUT2D eigenvalue weighted by molar-refractivity contribution is 5.64. The van der Waals surface area contributed by atoms with Gasteiger partial charge in [0.05, 0.1) is 0 Å². The highest BCUT2D eigenvalue weighted by atomic mass is 16.7. The minimum atomic E-state index is -0.797. The number of hydrogen-bond acceptors (Lipinski definition) is 3. The van der Waals surface area contributed by atoms with Crippen molar-refractivity contribution in [1.82, 2.24) is 0 Å². The molecule has 14 heavy (non-hydrogen) atoms. The van der Waals surface area contributed by atoms with Crippen LogP contribution in [0.25, 0.3) is 0 Å². The number of para-hydroxylation sites is 1. The minimum absolute atomic E-state index is 0.539. The summed E-state index contributed by atoms with van der Waals surface area (Å²) < 4.78 is 10.2. The van der Waals surface area contributed by atoms with Gasteiger partial charge in [-0.05, 0) is 18.1 Å². The largest absolute Gasteiger partial charge is 0.454 e. The van der Waals surface area contributed by atoms with E-state index in [0.29, 0.717) is 6.42 Å². The van der Waals surface area contributed by atoms with E-state index in [2.05, 4.69) is 0 Å². The van der Waals surface area contributed by atoms with E-state index in [1.54, 1.807) is 0 Å². The normalized spacial score (nSPS) is 19.3. The van der Waals surface area contributed by atoms with E-state index < -0.39 is 12.4 Å². The second-order valence-electron chi connectivity index (χ2n) is 3.13. The zero-order valence-corrected chi connectivity index (χ0v) is 7.60. The van der Waals surface area contributed by atoms with Crippen molar-refractivity contribution in [2.75, 3.05) is 0 Å². The molecule has 0 spiro atoms. The van der Waals surface area contributed by atoms with E-state index in [0.717, 1.165) is 17.7 Å². The minimum Gasteiger partial charge on any atom is -0.454 e. The number of primary amides is 1. The van der Waals surface area contributed by atoms with E-state index in [1.165, 1.54) is 0 Å². The van der Waals surface area contributed by atoms with E-state index >= 15 is 0 Å². The zero-order chi connectivity index (χ0) is 9.97. The first-order valence-corrected chi connectivity index (χ1v) is 4.46. The summed E-state index contributed by atoms with van der Waals surface area (Å²) in [5.41, 5.74) is 6.04. The monoisotopic (exact) mass is 193 g/mol. The number of fused-ring (bicyclic) bond motifs is 1. The molecule has 4 nitrogen and oxygen atoms in total. The Morgan fingerprint density at radius 3 is 3.07 bits per heavy atom. The number of carbonyl (C=O) groups excluding carboxylic acids is 1. The second-order valence-corrected chi connectivity index (χ2v) is 3.13. The molecule has 74 valence electrons. The van der Waals surface area contributed by atoms with Gasteiger partial charge in [-0.2, -0.15) is 0 Å². The first-order valence-electron chi connectivity index (χ1n) is 4.46. The number of amides is 1. The molecule has 0 aliphatic carbocycles. The Morgan fingerprint density at radius 1 is 1.50 bits per heavy atom. The van der Waals surface area contributed by atoms with Crippen molar-refractivity contribution in [3.8, 4) is 5.75 Å². The Hall–Kier alpha value is -1.71. The Balaban J connectivity index is 2.09. The van der Waals surface area contributed by atoms with Gasteiger partial charge in [0.2, 0.25) is 6.29 Å². The Labute approximate surface area is 81.6 Å². The Kier molecular flexibility index (Phi) is 2.26. The Morgan fingerprint density at radius 2 is 2.29 bits per heavy atom. The van der Waals surface area contributed by atoms with Gasteiger partial charge < -0.3 is 15.2 Å². The number of hydrogen-bond donors (Lipinski definition) is 1. The molecule has 0 radical (unpaired) electrons. The zero-order valence-electron chi connectivity index (χ0n) is 7.60. The fourth-order valence-electron chi connectivity index (χ4n) is 1.51. The van der Waals surface area contributed by atoms with Crippen LogP contribution < -0.4 is 10.5 Å². The molecule has 0 saturated heterocycles. The van der Waals surface area contributed by atoms with Gasteiger partial charge in [0.25, 0.3) is 0 Å². The molecule has 1 atom stereocenters. The third-order valence-corrected chi connectivity index (χ3v) is 2.13. The molecule has 1 aromatic rings. The standard InChI is InChI=1S/C10H11NO3/c11-10(12)14-9-6-5-7-3-1-2-4-8(7)13-9/h1-4,9H,5-6H2,(H2,11,12)/t9-/m1/s1. The fourth-order valence-corrected chi connectivity index (χ4v) is 1.51. The molecule has 2 N–H and O–H groups in total. The summed E-state index contributed by atoms with van der Waals surface area (Å²) in [6, 6.07) is 7.69. The van der Waals surface area contributed by atoms with Crippen molar-refractivity contribution in [3.05, 3.63) is 29.8 Å². The lowest BCUT2D eigenvalue weighted by Crippen LogP contribution is -2.30. The maximum absolute atomic E-state index is 10.5. The number of ether oxygens (including phenoxy) is 2. The van der Waals surface area contributed by atoms with Crippen molar-refractivity contribution >= 4 is 6.09 Å². The van der Waals surface area contributed by atoms with Crippen LogP contribution in [0, 0.1) is 0 Å². The molecule has 0 fully saturated rings. The lowest BCUT2D eigenvalue weighted by Gasteiger charge is -2.24. The number of benzene rings is 1. The van der Waals surface area contributed by atoms with Gasteiger partial charge in [0, 0.05) is 6.42 Å². The molecule has 2 rings (SSSR count). The maximum Gasteiger partial charge on any atom is 0.407 e. The summed E-state index contributed by atoms with van der Waals surface area (Å²) in [6.45, 7) is 0. The van der Waals surface area contributed by atoms with E-state index in [1.807, 2.05) is 24.3 Å². The van der Waals surface area contributed by atoms with Gasteiger partial charge in [-0.25, -0.2) is 4.79 Å². The third-order valence-electron chi connectivity index (χ3n) is 2.13. The molecule has 1 aliphatic rings. The number of aryl methyl sites for hydroxylation is 1. The van der Waals surface area contributed by atoms with Gasteiger partial charge in [-0.3, -0.25) is 0 Å². The Bertz CT molecular complexity index is 351. The SMILES string of the molecule is NC(=O)O[C@@H]1CCc2ccccc2O1. The molecule has 1 aromatic carbocycles. The summed E-state index contributed by atoms with van der Waals surface area (Å²) in [4.78, 5) is 10.5. The van der Waals surface area contributed by atoms with Crippen LogP contribution in [-0.4, -0.2) is 12.4 Å². The average Bonchev–Trinajstić information content (AvgIpc) is 2.17. The van der Waals surface area contributed by atoms with Crippen molar-refractivity contribution in [2.24, 2.45) is 5.73 Å². The first kappa shape index (κ1) is 8.87. The molecule has 0 aromatic heterocycles. The quantitative estimate of drug-likeness (QED) is 0.733. The molecule has 0 bridgehead atoms. The van der Waals surface area contributed by atoms with Crippen LogP contribution in [0.15, 0.2) is 24.3 Å². The lowest BCUT2D eigenvalue weighted by molar-refractivity contribution is -0.0409. The van der Waals surface area contributed by atoms with Gasteiger partial charge in [0.15, 0.2) is 0 Å². The molecular formula is C10H11NO3. The van der Waals surface area contributed by atoms with Crippen LogP contribution in [0.2, 0.25) is 0 Å². The molecular weight excluding hydrogens is 182 g/mol. The molecule has 1 heterocycles. The molecule has 1 amide bonds. The smallest absolute Gasteiger partial charge is 0.407 e. The summed E-state index contributed by atoms with van der Waals surface area (Å²) in [6.07, 6.45) is 0.158. The van der Waals surface area contributed by atoms with Crippen LogP contribution in [0.4, 0.5) is 4.79 Å². The maximum atomic E-state index is 10.5. The van der Waals surface area contributed by atoms with Gasteiger partial charge in [-0.1, -0.05) is 18.2 Å². The van der Waals surface area contributed by atoms with Crippen molar-refractivity contribution in [1.29, 1.82) is 0 Å². The number of carbonyl (C=O) groups is 1. The van der Waals surface area contributed by atoms with Gasteiger partial charge in [0.1, 0.15) is 5.75 Å². The summed E-state index contributed by atoms with van der Waals surface area (Å²) in [5, 5.41) is 0. The number of rotatable bonds is 1. The molecule has 0 saturated carbocycles. The lowest BCUT2D eigenvalue weighted by atomic mass is 10.1. The van der Waals surface area contributed by atoms with E-state index in [9.17, 15) is 4.79 Å². The summed E-state index contributed by atoms with van der Waals surface area (Å²) in [5.74, 6) is 0.769. The van der Waals surface area contributed by atoms with Crippen LogP contribution in [0.1, 0.15) is 12.0 Å². The fraction of sp³-hybridized carbons (Fsp3) is 0.300. The number of nitrogens with two attached hydrogens (primary N) is 1. The van der Waals surface area contributed by atoms with Crippen LogP contribution in [-0.2, 0) is 11.2 Å². The van der Waals surface area contributed by atoms with Crippen molar-refractivity contribution < 1.29 is 14.3 Å². The first-order chi connectivity index (χ1) is 6.75. The summed E-state index contributed by atoms with van der Waals surface area (Å²) in [7, 11) is 0. The van der Waals surface area contributed by atoms with Crippen LogP contribution in [0.5, 0.6) is 5.75 Å². The van der Waals surface area contributed by atoms with E-state index in [4.69, 9.17) is 15.2 Å². The van der Waals surface area contributed by atoms with Gasteiger partial charge in [-0.15, -0.1) is 0 Å². The van der Waals surface area contributed by atoms with Crippen molar-refractivity contribution in [3.63, 3.8) is 0 Å². The predicted octanol–water partition coefficient (Wildman–Crippen LogP) is 1.43. The molecule has 4 heteroatoms. The molecule has 1 aliphatic heterocycles. The second kappa shape index (κ2) is 3.57. The average molecular weight is 193 g/mol. The van der Waals surface area contributed by atoms with E-state index in [-0.39, 0.29) is 0 Å². The summed E-state index contributed by atoms with van der Waals surface area (Å²) >= 11 is 0. The topological polar surface area (TPSA) is 61.6 Å². The highest BCUT2D eigenvalue weighted by Crippen LogP contribution is 2.27. The van der Waals surface area contributed by atoms with Crippen LogP contribution >= 0.6 is 0 Å². The third kappa shape index (κ3) is 1.79. The predicted molar refractivity (Wildman–Crippen MR) is 49.8 cm³/mol. The van der Waals surface area contributed by atoms with Crippen LogP contribution in [0.3, 0.4) is 0 Å². The highest BCUT2D eigenvalue weighted by Gasteiger charge is 2.21. The van der Waals surface area contributed by atoms with Gasteiger partial charge >= 0.3 is 6.09 Å². The molecule has 0 unspecified atom stereocenters.